The number of aromatic nitrogens is 2. The van der Waals surface area contributed by atoms with E-state index in [0.717, 1.165) is 63.0 Å². The quantitative estimate of drug-likeness (QED) is 0.273. The summed E-state index contributed by atoms with van der Waals surface area (Å²) in [5.41, 5.74) is 1.21. The molecule has 0 saturated heterocycles. The fraction of sp³-hybridized carbons (Fsp3) is 0.500. The number of para-hydroxylation sites is 1. The van der Waals surface area contributed by atoms with Gasteiger partial charge in [-0.1, -0.05) is 18.2 Å². The molecule has 148 valence electrons. The molecule has 6 nitrogen and oxygen atoms in total. The summed E-state index contributed by atoms with van der Waals surface area (Å²) in [5, 5.41) is 6.93. The maximum atomic E-state index is 5.75. The summed E-state index contributed by atoms with van der Waals surface area (Å²) in [6, 6.07) is 8.48. The number of nitrogens with one attached hydrogen (secondary N) is 2. The van der Waals surface area contributed by atoms with Crippen LogP contribution in [0.2, 0.25) is 0 Å². The zero-order valence-corrected chi connectivity index (χ0v) is 18.5. The first-order chi connectivity index (χ1) is 12.8. The summed E-state index contributed by atoms with van der Waals surface area (Å²) < 4.78 is 7.93. The Morgan fingerprint density at radius 3 is 2.96 bits per heavy atom. The molecule has 0 radical (unpaired) electrons. The number of ether oxygens (including phenoxy) is 1. The van der Waals surface area contributed by atoms with E-state index < -0.39 is 0 Å². The van der Waals surface area contributed by atoms with Crippen molar-refractivity contribution in [2.45, 2.75) is 45.7 Å². The Bertz CT molecular complexity index is 731. The van der Waals surface area contributed by atoms with Gasteiger partial charge in [-0.3, -0.25) is 4.99 Å². The maximum Gasteiger partial charge on any atom is 0.191 e. The molecule has 2 heterocycles. The molecular formula is C20H30IN5O. The molecule has 0 aliphatic carbocycles. The second kappa shape index (κ2) is 11.2. The van der Waals surface area contributed by atoms with Gasteiger partial charge < -0.3 is 19.9 Å². The highest BCUT2D eigenvalue weighted by Gasteiger charge is 2.21. The van der Waals surface area contributed by atoms with E-state index in [-0.39, 0.29) is 30.0 Å². The first-order valence-corrected chi connectivity index (χ1v) is 9.52. The largest absolute Gasteiger partial charge is 0.493 e. The van der Waals surface area contributed by atoms with Gasteiger partial charge in [-0.05, 0) is 32.8 Å². The topological polar surface area (TPSA) is 63.5 Å². The number of fused-ring (bicyclic) bond motifs is 1. The van der Waals surface area contributed by atoms with Crippen LogP contribution in [0, 0.1) is 6.92 Å². The summed E-state index contributed by atoms with van der Waals surface area (Å²) in [4.78, 5) is 9.01. The van der Waals surface area contributed by atoms with Crippen LogP contribution in [-0.4, -0.2) is 35.2 Å². The van der Waals surface area contributed by atoms with Crippen LogP contribution in [0.4, 0.5) is 0 Å². The number of aliphatic imine (C=N–C) groups is 1. The van der Waals surface area contributed by atoms with Gasteiger partial charge in [0, 0.05) is 44.0 Å². The van der Waals surface area contributed by atoms with Crippen LogP contribution in [-0.2, 0) is 6.54 Å². The molecule has 3 rings (SSSR count). The van der Waals surface area contributed by atoms with Crippen molar-refractivity contribution in [1.82, 2.24) is 20.2 Å². The molecule has 2 aromatic rings. The minimum atomic E-state index is 0. The molecule has 0 spiro atoms. The zero-order chi connectivity index (χ0) is 18.2. The van der Waals surface area contributed by atoms with Crippen LogP contribution in [0.1, 0.15) is 43.6 Å². The SMILES string of the molecule is CCNC(=NCCCCn1ccnc1C)NC1CCOc2ccccc21.I. The van der Waals surface area contributed by atoms with Crippen molar-refractivity contribution >= 4 is 29.9 Å². The van der Waals surface area contributed by atoms with Gasteiger partial charge in [0.15, 0.2) is 5.96 Å². The summed E-state index contributed by atoms with van der Waals surface area (Å²) in [6.07, 6.45) is 6.99. The van der Waals surface area contributed by atoms with Gasteiger partial charge in [-0.25, -0.2) is 4.98 Å². The molecule has 0 saturated carbocycles. The summed E-state index contributed by atoms with van der Waals surface area (Å²) >= 11 is 0. The van der Waals surface area contributed by atoms with Crippen LogP contribution in [0.15, 0.2) is 41.7 Å². The smallest absolute Gasteiger partial charge is 0.191 e. The third kappa shape index (κ3) is 6.12. The van der Waals surface area contributed by atoms with Crippen molar-refractivity contribution in [2.75, 3.05) is 19.7 Å². The highest BCUT2D eigenvalue weighted by atomic mass is 127. The van der Waals surface area contributed by atoms with Crippen molar-refractivity contribution in [3.8, 4) is 5.75 Å². The molecule has 0 amide bonds. The number of aryl methyl sites for hydroxylation is 2. The number of hydrogen-bond acceptors (Lipinski definition) is 3. The summed E-state index contributed by atoms with van der Waals surface area (Å²) in [5.74, 6) is 2.93. The standard InChI is InChI=1S/C20H29N5O.HI/c1-3-21-20(23-11-6-7-13-25-14-12-22-16(25)2)24-18-10-15-26-19-9-5-4-8-17(18)19;/h4-5,8-9,12,14,18H,3,6-7,10-11,13,15H2,1-2H3,(H2,21,23,24);1H. The average molecular weight is 483 g/mol. The van der Waals surface area contributed by atoms with E-state index in [0.29, 0.717) is 0 Å². The fourth-order valence-corrected chi connectivity index (χ4v) is 3.20. The van der Waals surface area contributed by atoms with Crippen molar-refractivity contribution in [2.24, 2.45) is 4.99 Å². The van der Waals surface area contributed by atoms with Gasteiger partial charge in [-0.2, -0.15) is 0 Å². The van der Waals surface area contributed by atoms with Gasteiger partial charge in [0.2, 0.25) is 0 Å². The maximum absolute atomic E-state index is 5.75. The predicted molar refractivity (Wildman–Crippen MR) is 120 cm³/mol. The number of unbranched alkanes of at least 4 members (excludes halogenated alkanes) is 1. The van der Waals surface area contributed by atoms with Crippen LogP contribution >= 0.6 is 24.0 Å². The van der Waals surface area contributed by atoms with Crippen LogP contribution in [0.25, 0.3) is 0 Å². The summed E-state index contributed by atoms with van der Waals surface area (Å²) in [6.45, 7) is 7.53. The second-order valence-electron chi connectivity index (χ2n) is 6.51. The molecule has 0 bridgehead atoms. The monoisotopic (exact) mass is 483 g/mol. The minimum Gasteiger partial charge on any atom is -0.493 e. The lowest BCUT2D eigenvalue weighted by Crippen LogP contribution is -2.41. The van der Waals surface area contributed by atoms with Crippen molar-refractivity contribution in [1.29, 1.82) is 0 Å². The number of nitrogens with zero attached hydrogens (tertiary/aromatic N) is 3. The number of guanidine groups is 1. The fourth-order valence-electron chi connectivity index (χ4n) is 3.20. The van der Waals surface area contributed by atoms with Crippen molar-refractivity contribution < 1.29 is 4.74 Å². The van der Waals surface area contributed by atoms with Crippen LogP contribution in [0.5, 0.6) is 5.75 Å². The lowest BCUT2D eigenvalue weighted by molar-refractivity contribution is 0.261. The molecule has 0 fully saturated rings. The van der Waals surface area contributed by atoms with Crippen LogP contribution < -0.4 is 15.4 Å². The molecule has 1 aromatic carbocycles. The first kappa shape index (κ1) is 21.5. The Balaban J connectivity index is 0.00000261. The minimum absolute atomic E-state index is 0. The second-order valence-corrected chi connectivity index (χ2v) is 6.51. The number of benzene rings is 1. The zero-order valence-electron chi connectivity index (χ0n) is 16.1. The first-order valence-electron chi connectivity index (χ1n) is 9.52. The average Bonchev–Trinajstić information content (AvgIpc) is 3.07. The van der Waals surface area contributed by atoms with E-state index in [2.05, 4.69) is 39.2 Å². The van der Waals surface area contributed by atoms with E-state index in [9.17, 15) is 0 Å². The number of halogens is 1. The third-order valence-electron chi connectivity index (χ3n) is 4.61. The van der Waals surface area contributed by atoms with Crippen LogP contribution in [0.3, 0.4) is 0 Å². The van der Waals surface area contributed by atoms with Crippen molar-refractivity contribution in [3.05, 3.63) is 48.0 Å². The molecule has 1 aliphatic rings. The molecule has 1 unspecified atom stereocenters. The number of imidazole rings is 1. The highest BCUT2D eigenvalue weighted by molar-refractivity contribution is 14.0. The molecule has 1 aliphatic heterocycles. The van der Waals surface area contributed by atoms with E-state index in [1.165, 1.54) is 5.56 Å². The molecular weight excluding hydrogens is 453 g/mol. The van der Waals surface area contributed by atoms with E-state index >= 15 is 0 Å². The molecule has 1 atom stereocenters. The van der Waals surface area contributed by atoms with Gasteiger partial charge >= 0.3 is 0 Å². The lowest BCUT2D eigenvalue weighted by Gasteiger charge is -2.28. The molecule has 2 N–H and O–H groups in total. The Kier molecular flexibility index (Phi) is 8.90. The van der Waals surface area contributed by atoms with Gasteiger partial charge in [-0.15, -0.1) is 24.0 Å². The summed E-state index contributed by atoms with van der Waals surface area (Å²) in [7, 11) is 0. The number of hydrogen-bond donors (Lipinski definition) is 2. The predicted octanol–water partition coefficient (Wildman–Crippen LogP) is 3.67. The Morgan fingerprint density at radius 2 is 2.19 bits per heavy atom. The molecule has 1 aromatic heterocycles. The van der Waals surface area contributed by atoms with Gasteiger partial charge in [0.1, 0.15) is 11.6 Å². The normalized spacial score (nSPS) is 16.1. The van der Waals surface area contributed by atoms with Crippen molar-refractivity contribution in [3.63, 3.8) is 0 Å². The third-order valence-corrected chi connectivity index (χ3v) is 4.61. The Morgan fingerprint density at radius 1 is 1.33 bits per heavy atom. The molecule has 7 heteroatoms. The van der Waals surface area contributed by atoms with Gasteiger partial charge in [0.05, 0.1) is 12.6 Å². The molecule has 27 heavy (non-hydrogen) atoms. The van der Waals surface area contributed by atoms with E-state index in [1.807, 2.05) is 31.5 Å². The Labute approximate surface area is 178 Å². The van der Waals surface area contributed by atoms with E-state index in [4.69, 9.17) is 9.73 Å². The lowest BCUT2D eigenvalue weighted by atomic mass is 10.0. The van der Waals surface area contributed by atoms with E-state index in [1.54, 1.807) is 0 Å². The highest BCUT2D eigenvalue weighted by Crippen LogP contribution is 2.31. The Hall–Kier alpha value is -1.77. The number of rotatable bonds is 7. The van der Waals surface area contributed by atoms with Gasteiger partial charge in [0.25, 0.3) is 0 Å².